The number of ether oxygens (including phenoxy) is 1. The van der Waals surface area contributed by atoms with Crippen molar-refractivity contribution in [2.24, 2.45) is 0 Å². The summed E-state index contributed by atoms with van der Waals surface area (Å²) >= 11 is 1.60. The molecule has 0 spiro atoms. The Morgan fingerprint density at radius 3 is 2.67 bits per heavy atom. The number of carbonyl (C=O) groups excluding carboxylic acids is 1. The van der Waals surface area contributed by atoms with Gasteiger partial charge in [-0.3, -0.25) is 4.98 Å². The van der Waals surface area contributed by atoms with Crippen LogP contribution in [0.1, 0.15) is 45.2 Å². The van der Waals surface area contributed by atoms with E-state index in [1.165, 1.54) is 0 Å². The van der Waals surface area contributed by atoms with E-state index in [9.17, 15) is 4.79 Å². The summed E-state index contributed by atoms with van der Waals surface area (Å²) in [6, 6.07) is 6.11. The van der Waals surface area contributed by atoms with Gasteiger partial charge in [0.2, 0.25) is 0 Å². The van der Waals surface area contributed by atoms with Crippen LogP contribution in [0, 0.1) is 0 Å². The third-order valence-corrected chi connectivity index (χ3v) is 4.78. The number of piperidine rings is 1. The van der Waals surface area contributed by atoms with Gasteiger partial charge in [-0.05, 0) is 45.7 Å². The lowest BCUT2D eigenvalue weighted by molar-refractivity contribution is 0.0204. The van der Waals surface area contributed by atoms with Gasteiger partial charge in [-0.2, -0.15) is 0 Å². The van der Waals surface area contributed by atoms with Gasteiger partial charge in [-0.15, -0.1) is 11.3 Å². The molecular formula is C18H23N3O2S. The van der Waals surface area contributed by atoms with E-state index in [0.717, 1.165) is 29.2 Å². The molecule has 1 fully saturated rings. The summed E-state index contributed by atoms with van der Waals surface area (Å²) in [4.78, 5) is 23.1. The van der Waals surface area contributed by atoms with Crippen LogP contribution in [-0.4, -0.2) is 39.7 Å². The molecule has 6 heteroatoms. The molecule has 3 heterocycles. The van der Waals surface area contributed by atoms with Crippen molar-refractivity contribution in [2.45, 2.75) is 45.1 Å². The molecule has 2 aromatic heterocycles. The third-order valence-electron chi connectivity index (χ3n) is 3.99. The largest absolute Gasteiger partial charge is 0.444 e. The van der Waals surface area contributed by atoms with Gasteiger partial charge < -0.3 is 9.64 Å². The molecule has 1 saturated heterocycles. The van der Waals surface area contributed by atoms with E-state index in [1.54, 1.807) is 22.4 Å². The van der Waals surface area contributed by atoms with Crippen LogP contribution in [0.4, 0.5) is 4.79 Å². The summed E-state index contributed by atoms with van der Waals surface area (Å²) < 4.78 is 5.45. The van der Waals surface area contributed by atoms with Crippen LogP contribution in [0.25, 0.3) is 10.7 Å². The summed E-state index contributed by atoms with van der Waals surface area (Å²) in [5.41, 5.74) is 1.57. The highest BCUT2D eigenvalue weighted by molar-refractivity contribution is 7.13. The lowest BCUT2D eigenvalue weighted by atomic mass is 9.93. The molecule has 0 radical (unpaired) electrons. The smallest absolute Gasteiger partial charge is 0.410 e. The molecule has 0 saturated carbocycles. The lowest BCUT2D eigenvalue weighted by Gasteiger charge is -2.33. The Bertz CT molecular complexity index is 687. The fourth-order valence-electron chi connectivity index (χ4n) is 2.83. The van der Waals surface area contributed by atoms with Crippen LogP contribution < -0.4 is 0 Å². The zero-order chi connectivity index (χ0) is 17.2. The molecule has 1 aliphatic rings. The molecule has 0 unspecified atom stereocenters. The van der Waals surface area contributed by atoms with E-state index in [1.807, 2.05) is 38.3 Å². The summed E-state index contributed by atoms with van der Waals surface area (Å²) in [5, 5.41) is 2.91. The summed E-state index contributed by atoms with van der Waals surface area (Å²) in [6.07, 6.45) is 3.40. The number of thiazole rings is 1. The first-order chi connectivity index (χ1) is 11.4. The van der Waals surface area contributed by atoms with Crippen molar-refractivity contribution in [1.82, 2.24) is 14.9 Å². The molecule has 128 valence electrons. The third kappa shape index (κ3) is 4.12. The fourth-order valence-corrected chi connectivity index (χ4v) is 3.44. The highest BCUT2D eigenvalue weighted by Gasteiger charge is 2.28. The number of nitrogens with zero attached hydrogens (tertiary/aromatic N) is 3. The van der Waals surface area contributed by atoms with Crippen molar-refractivity contribution in [2.75, 3.05) is 13.1 Å². The Kier molecular flexibility index (Phi) is 4.85. The molecule has 0 bridgehead atoms. The van der Waals surface area contributed by atoms with E-state index in [-0.39, 0.29) is 6.09 Å². The van der Waals surface area contributed by atoms with Crippen molar-refractivity contribution in [1.29, 1.82) is 0 Å². The highest BCUT2D eigenvalue weighted by atomic mass is 32.1. The summed E-state index contributed by atoms with van der Waals surface area (Å²) in [7, 11) is 0. The monoisotopic (exact) mass is 345 g/mol. The van der Waals surface area contributed by atoms with Crippen LogP contribution in [0.15, 0.2) is 29.8 Å². The normalized spacial score (nSPS) is 16.2. The molecule has 0 aromatic carbocycles. The number of hydrogen-bond donors (Lipinski definition) is 0. The molecule has 1 amide bonds. The molecule has 24 heavy (non-hydrogen) atoms. The molecule has 5 nitrogen and oxygen atoms in total. The second kappa shape index (κ2) is 6.89. The molecule has 0 N–H and O–H groups in total. The van der Waals surface area contributed by atoms with E-state index < -0.39 is 5.60 Å². The first-order valence-electron chi connectivity index (χ1n) is 8.27. The van der Waals surface area contributed by atoms with Gasteiger partial charge in [-0.1, -0.05) is 6.07 Å². The second-order valence-corrected chi connectivity index (χ2v) is 7.92. The molecule has 1 aliphatic heterocycles. The van der Waals surface area contributed by atoms with E-state index >= 15 is 0 Å². The van der Waals surface area contributed by atoms with Crippen molar-refractivity contribution in [3.63, 3.8) is 0 Å². The van der Waals surface area contributed by atoms with Crippen LogP contribution in [-0.2, 0) is 4.74 Å². The minimum absolute atomic E-state index is 0.217. The van der Waals surface area contributed by atoms with Crippen LogP contribution in [0.2, 0.25) is 0 Å². The van der Waals surface area contributed by atoms with Gasteiger partial charge in [0.1, 0.15) is 10.6 Å². The maximum absolute atomic E-state index is 12.1. The predicted molar refractivity (Wildman–Crippen MR) is 95.1 cm³/mol. The Morgan fingerprint density at radius 1 is 1.29 bits per heavy atom. The minimum atomic E-state index is -0.447. The second-order valence-electron chi connectivity index (χ2n) is 7.03. The number of pyridine rings is 1. The van der Waals surface area contributed by atoms with Crippen molar-refractivity contribution in [3.05, 3.63) is 35.5 Å². The van der Waals surface area contributed by atoms with Gasteiger partial charge >= 0.3 is 6.09 Å². The van der Waals surface area contributed by atoms with Gasteiger partial charge in [0.05, 0.1) is 5.69 Å². The standard InChI is InChI=1S/C18H23N3O2S/c1-18(2,3)23-17(22)21-10-7-13(8-11-21)14-5-4-6-15(20-14)16-19-9-12-24-16/h4-6,9,12-13H,7-8,10-11H2,1-3H3. The molecule has 0 aliphatic carbocycles. The van der Waals surface area contributed by atoms with Gasteiger partial charge in [-0.25, -0.2) is 9.78 Å². The fraction of sp³-hybridized carbons (Fsp3) is 0.500. The Morgan fingerprint density at radius 2 is 2.04 bits per heavy atom. The SMILES string of the molecule is CC(C)(C)OC(=O)N1CCC(c2cccc(-c3nccs3)n2)CC1. The van der Waals surface area contributed by atoms with Gasteiger partial charge in [0.25, 0.3) is 0 Å². The molecular weight excluding hydrogens is 322 g/mol. The lowest BCUT2D eigenvalue weighted by Crippen LogP contribution is -2.41. The topological polar surface area (TPSA) is 55.3 Å². The zero-order valence-electron chi connectivity index (χ0n) is 14.4. The number of rotatable bonds is 2. The maximum Gasteiger partial charge on any atom is 0.410 e. The quantitative estimate of drug-likeness (QED) is 0.813. The maximum atomic E-state index is 12.1. The molecule has 3 rings (SSSR count). The number of likely N-dealkylation sites (tertiary alicyclic amines) is 1. The van der Waals surface area contributed by atoms with E-state index in [0.29, 0.717) is 19.0 Å². The Labute approximate surface area is 146 Å². The van der Waals surface area contributed by atoms with Gasteiger partial charge in [0.15, 0.2) is 0 Å². The first-order valence-corrected chi connectivity index (χ1v) is 9.15. The van der Waals surface area contributed by atoms with Crippen LogP contribution in [0.3, 0.4) is 0 Å². The molecule has 2 aromatic rings. The summed E-state index contributed by atoms with van der Waals surface area (Å²) in [5.74, 6) is 0.378. The van der Waals surface area contributed by atoms with Gasteiger partial charge in [0, 0.05) is 36.3 Å². The predicted octanol–water partition coefficient (Wildman–Crippen LogP) is 4.32. The van der Waals surface area contributed by atoms with Crippen molar-refractivity contribution < 1.29 is 9.53 Å². The van der Waals surface area contributed by atoms with Crippen LogP contribution >= 0.6 is 11.3 Å². The van der Waals surface area contributed by atoms with E-state index in [2.05, 4.69) is 11.1 Å². The average Bonchev–Trinajstić information content (AvgIpc) is 3.08. The zero-order valence-corrected chi connectivity index (χ0v) is 15.2. The number of amides is 1. The Balaban J connectivity index is 1.63. The van der Waals surface area contributed by atoms with Crippen molar-refractivity contribution in [3.8, 4) is 10.7 Å². The Hall–Kier alpha value is -1.95. The number of aromatic nitrogens is 2. The first kappa shape index (κ1) is 16.9. The van der Waals surface area contributed by atoms with E-state index in [4.69, 9.17) is 9.72 Å². The molecule has 0 atom stereocenters. The summed E-state index contributed by atoms with van der Waals surface area (Å²) in [6.45, 7) is 7.11. The average molecular weight is 345 g/mol. The van der Waals surface area contributed by atoms with Crippen LogP contribution in [0.5, 0.6) is 0 Å². The highest BCUT2D eigenvalue weighted by Crippen LogP contribution is 2.29. The number of carbonyl (C=O) groups is 1. The minimum Gasteiger partial charge on any atom is -0.444 e. The number of hydrogen-bond acceptors (Lipinski definition) is 5. The van der Waals surface area contributed by atoms with Crippen molar-refractivity contribution >= 4 is 17.4 Å².